The lowest BCUT2D eigenvalue weighted by Gasteiger charge is -2.25. The van der Waals surface area contributed by atoms with Crippen molar-refractivity contribution in [3.05, 3.63) is 28.8 Å². The highest BCUT2D eigenvalue weighted by molar-refractivity contribution is 5.88. The Labute approximate surface area is 117 Å². The molecule has 0 saturated heterocycles. The van der Waals surface area contributed by atoms with Crippen molar-refractivity contribution in [2.75, 3.05) is 24.2 Å². The van der Waals surface area contributed by atoms with Crippen molar-refractivity contribution in [2.45, 2.75) is 26.4 Å². The molecule has 0 amide bonds. The molecule has 108 valence electrons. The summed E-state index contributed by atoms with van der Waals surface area (Å²) in [5.74, 6) is 0. The molecule has 0 unspecified atom stereocenters. The van der Waals surface area contributed by atoms with Gasteiger partial charge < -0.3 is 20.8 Å². The maximum atomic E-state index is 11.7. The largest absolute Gasteiger partial charge is 0.397 e. The molecular formula is C14H20N4O2. The molecule has 0 atom stereocenters. The van der Waals surface area contributed by atoms with Crippen molar-refractivity contribution in [3.8, 4) is 0 Å². The van der Waals surface area contributed by atoms with Gasteiger partial charge in [0.25, 0.3) is 5.56 Å². The van der Waals surface area contributed by atoms with E-state index in [0.29, 0.717) is 29.7 Å². The predicted octanol–water partition coefficient (Wildman–Crippen LogP) is 1.73. The number of aromatic nitrogens is 2. The number of H-pyrrole nitrogens is 1. The highest BCUT2D eigenvalue weighted by atomic mass is 16.5. The van der Waals surface area contributed by atoms with Crippen LogP contribution in [0.25, 0.3) is 10.9 Å². The van der Waals surface area contributed by atoms with E-state index >= 15 is 0 Å². The Morgan fingerprint density at radius 3 is 2.90 bits per heavy atom. The number of rotatable bonds is 5. The lowest BCUT2D eigenvalue weighted by Crippen LogP contribution is -2.33. The zero-order valence-corrected chi connectivity index (χ0v) is 12.0. The van der Waals surface area contributed by atoms with Gasteiger partial charge in [0.05, 0.1) is 34.2 Å². The molecule has 2 aromatic rings. The maximum absolute atomic E-state index is 11.7. The molecule has 0 aliphatic heterocycles. The number of nitrogens with zero attached hydrogens (tertiary/aromatic N) is 1. The first kappa shape index (κ1) is 14.3. The van der Waals surface area contributed by atoms with Gasteiger partial charge in [-0.15, -0.1) is 0 Å². The van der Waals surface area contributed by atoms with Gasteiger partial charge in [-0.1, -0.05) is 0 Å². The highest BCUT2D eigenvalue weighted by Crippen LogP contribution is 2.23. The van der Waals surface area contributed by atoms with Gasteiger partial charge in [0.2, 0.25) is 0 Å². The second-order valence-electron chi connectivity index (χ2n) is 5.23. The van der Waals surface area contributed by atoms with Crippen LogP contribution in [0.4, 0.5) is 11.4 Å². The molecule has 0 bridgehead atoms. The molecule has 0 fully saturated rings. The van der Waals surface area contributed by atoms with E-state index in [4.69, 9.17) is 10.5 Å². The lowest BCUT2D eigenvalue weighted by atomic mass is 10.1. The number of hydrogen-bond donors (Lipinski definition) is 3. The van der Waals surface area contributed by atoms with E-state index in [0.717, 1.165) is 5.69 Å². The quantitative estimate of drug-likeness (QED) is 0.723. The molecular weight excluding hydrogens is 256 g/mol. The van der Waals surface area contributed by atoms with Crippen LogP contribution < -0.4 is 16.6 Å². The maximum Gasteiger partial charge on any atom is 0.258 e. The van der Waals surface area contributed by atoms with Crippen LogP contribution in [-0.2, 0) is 4.74 Å². The van der Waals surface area contributed by atoms with Crippen molar-refractivity contribution in [3.63, 3.8) is 0 Å². The third kappa shape index (κ3) is 3.08. The van der Waals surface area contributed by atoms with Gasteiger partial charge in [0.15, 0.2) is 0 Å². The average molecular weight is 276 g/mol. The smallest absolute Gasteiger partial charge is 0.258 e. The predicted molar refractivity (Wildman–Crippen MR) is 81.0 cm³/mol. The normalized spacial score (nSPS) is 11.8. The van der Waals surface area contributed by atoms with E-state index in [2.05, 4.69) is 15.3 Å². The number of nitrogens with two attached hydrogens (primary N) is 1. The second kappa shape index (κ2) is 5.50. The molecule has 0 aliphatic carbocycles. The first-order valence-corrected chi connectivity index (χ1v) is 6.57. The molecule has 0 spiro atoms. The Morgan fingerprint density at radius 2 is 2.20 bits per heavy atom. The standard InChI is InChI=1S/C14H20N4O2/c1-4-20-14(2,3)7-16-12-6-11-9(5-10(12)15)13(19)18-8-17-11/h5-6,8,16H,4,7,15H2,1-3H3,(H,17,18,19). The summed E-state index contributed by atoms with van der Waals surface area (Å²) >= 11 is 0. The van der Waals surface area contributed by atoms with Gasteiger partial charge >= 0.3 is 0 Å². The third-order valence-electron chi connectivity index (χ3n) is 3.05. The summed E-state index contributed by atoms with van der Waals surface area (Å²) in [6.07, 6.45) is 1.38. The zero-order valence-electron chi connectivity index (χ0n) is 12.0. The molecule has 1 aromatic heterocycles. The highest BCUT2D eigenvalue weighted by Gasteiger charge is 2.17. The molecule has 1 heterocycles. The number of ether oxygens (including phenoxy) is 1. The fourth-order valence-electron chi connectivity index (χ4n) is 2.03. The Kier molecular flexibility index (Phi) is 3.94. The van der Waals surface area contributed by atoms with E-state index in [-0.39, 0.29) is 11.2 Å². The second-order valence-corrected chi connectivity index (χ2v) is 5.23. The Morgan fingerprint density at radius 1 is 1.45 bits per heavy atom. The Balaban J connectivity index is 2.27. The fourth-order valence-corrected chi connectivity index (χ4v) is 2.03. The molecule has 2 rings (SSSR count). The number of nitrogen functional groups attached to an aromatic ring is 1. The minimum atomic E-state index is -0.294. The van der Waals surface area contributed by atoms with Crippen LogP contribution in [0.1, 0.15) is 20.8 Å². The first-order valence-electron chi connectivity index (χ1n) is 6.57. The average Bonchev–Trinajstić information content (AvgIpc) is 2.38. The number of hydrogen-bond acceptors (Lipinski definition) is 5. The van der Waals surface area contributed by atoms with Crippen LogP contribution in [0.3, 0.4) is 0 Å². The summed E-state index contributed by atoms with van der Waals surface area (Å²) in [6.45, 7) is 7.23. The number of fused-ring (bicyclic) bond motifs is 1. The molecule has 0 aliphatic rings. The van der Waals surface area contributed by atoms with Gasteiger partial charge in [-0.3, -0.25) is 4.79 Å². The first-order chi connectivity index (χ1) is 9.43. The van der Waals surface area contributed by atoms with Crippen molar-refractivity contribution in [1.29, 1.82) is 0 Å². The molecule has 0 saturated carbocycles. The Hall–Kier alpha value is -2.08. The van der Waals surface area contributed by atoms with Crippen LogP contribution in [0.5, 0.6) is 0 Å². The van der Waals surface area contributed by atoms with Crippen molar-refractivity contribution in [2.24, 2.45) is 0 Å². The Bertz CT molecular complexity index is 664. The van der Waals surface area contributed by atoms with Gasteiger partial charge in [0.1, 0.15) is 0 Å². The van der Waals surface area contributed by atoms with Crippen molar-refractivity contribution in [1.82, 2.24) is 9.97 Å². The van der Waals surface area contributed by atoms with Crippen LogP contribution in [0.15, 0.2) is 23.3 Å². The van der Waals surface area contributed by atoms with Crippen molar-refractivity contribution >= 4 is 22.3 Å². The summed E-state index contributed by atoms with van der Waals surface area (Å²) in [4.78, 5) is 18.3. The number of aromatic amines is 1. The topological polar surface area (TPSA) is 93.0 Å². The van der Waals surface area contributed by atoms with Crippen molar-refractivity contribution < 1.29 is 4.74 Å². The van der Waals surface area contributed by atoms with E-state index in [9.17, 15) is 4.79 Å². The van der Waals surface area contributed by atoms with E-state index in [1.54, 1.807) is 12.1 Å². The van der Waals surface area contributed by atoms with Gasteiger partial charge in [-0.2, -0.15) is 0 Å². The van der Waals surface area contributed by atoms with E-state index < -0.39 is 0 Å². The summed E-state index contributed by atoms with van der Waals surface area (Å²) < 4.78 is 5.62. The lowest BCUT2D eigenvalue weighted by molar-refractivity contribution is 0.000711. The van der Waals surface area contributed by atoms with Gasteiger partial charge in [-0.05, 0) is 32.9 Å². The van der Waals surface area contributed by atoms with E-state index in [1.165, 1.54) is 6.33 Å². The van der Waals surface area contributed by atoms with Crippen LogP contribution in [-0.4, -0.2) is 28.7 Å². The van der Waals surface area contributed by atoms with Gasteiger partial charge in [0, 0.05) is 13.2 Å². The summed E-state index contributed by atoms with van der Waals surface area (Å²) in [6, 6.07) is 3.42. The third-order valence-corrected chi connectivity index (χ3v) is 3.05. The number of nitrogens with one attached hydrogen (secondary N) is 2. The molecule has 1 aromatic carbocycles. The molecule has 6 nitrogen and oxygen atoms in total. The number of benzene rings is 1. The minimum absolute atomic E-state index is 0.192. The van der Waals surface area contributed by atoms with Crippen LogP contribution >= 0.6 is 0 Å². The van der Waals surface area contributed by atoms with Crippen LogP contribution in [0.2, 0.25) is 0 Å². The monoisotopic (exact) mass is 276 g/mol. The fraction of sp³-hybridized carbons (Fsp3) is 0.429. The molecule has 6 heteroatoms. The number of anilines is 2. The SMILES string of the molecule is CCOC(C)(C)CNc1cc2nc[nH]c(=O)c2cc1N. The van der Waals surface area contributed by atoms with E-state index in [1.807, 2.05) is 20.8 Å². The minimum Gasteiger partial charge on any atom is -0.397 e. The molecule has 0 radical (unpaired) electrons. The molecule has 20 heavy (non-hydrogen) atoms. The zero-order chi connectivity index (χ0) is 14.8. The van der Waals surface area contributed by atoms with Crippen LogP contribution in [0, 0.1) is 0 Å². The summed E-state index contributed by atoms with van der Waals surface area (Å²) in [5.41, 5.74) is 7.37. The molecule has 4 N–H and O–H groups in total. The summed E-state index contributed by atoms with van der Waals surface area (Å²) in [5, 5.41) is 3.73. The van der Waals surface area contributed by atoms with Gasteiger partial charge in [-0.25, -0.2) is 4.98 Å². The summed E-state index contributed by atoms with van der Waals surface area (Å²) in [7, 11) is 0.